The summed E-state index contributed by atoms with van der Waals surface area (Å²) < 4.78 is 0. The highest BCUT2D eigenvalue weighted by molar-refractivity contribution is 6.30. The number of halogens is 1. The average molecular weight is 400 g/mol. The first-order valence-electron chi connectivity index (χ1n) is 9.52. The maximum Gasteiger partial charge on any atom is 0.304 e. The number of carboxylic acids is 1. The highest BCUT2D eigenvalue weighted by atomic mass is 35.5. The molecule has 2 atom stereocenters. The van der Waals surface area contributed by atoms with Gasteiger partial charge in [0.15, 0.2) is 0 Å². The topological polar surface area (TPSA) is 77.2 Å². The van der Waals surface area contributed by atoms with Crippen LogP contribution in [0.5, 0.6) is 0 Å². The monoisotopic (exact) mass is 399 g/mol. The van der Waals surface area contributed by atoms with Gasteiger partial charge in [0.05, 0.1) is 6.42 Å². The third kappa shape index (κ3) is 5.58. The zero-order chi connectivity index (χ0) is 19.9. The molecule has 0 fully saturated rings. The van der Waals surface area contributed by atoms with Crippen molar-refractivity contribution in [1.82, 2.24) is 15.6 Å². The van der Waals surface area contributed by atoms with Gasteiger partial charge >= 0.3 is 5.97 Å². The fourth-order valence-electron chi connectivity index (χ4n) is 3.43. The minimum absolute atomic E-state index is 0.0895. The maximum atomic E-state index is 11.3. The number of rotatable bonds is 10. The van der Waals surface area contributed by atoms with Crippen molar-refractivity contribution < 1.29 is 9.90 Å². The maximum absolute atomic E-state index is 11.3. The second-order valence-electron chi connectivity index (χ2n) is 7.04. The summed E-state index contributed by atoms with van der Waals surface area (Å²) in [6.07, 6.45) is 2.73. The number of para-hydroxylation sites is 1. The lowest BCUT2D eigenvalue weighted by molar-refractivity contribution is -0.137. The fraction of sp³-hybridized carbons (Fsp3) is 0.318. The molecule has 0 amide bonds. The third-order valence-corrected chi connectivity index (χ3v) is 5.19. The Kier molecular flexibility index (Phi) is 7.09. The summed E-state index contributed by atoms with van der Waals surface area (Å²) in [7, 11) is 0. The van der Waals surface area contributed by atoms with Gasteiger partial charge in [-0.3, -0.25) is 4.79 Å². The fourth-order valence-corrected chi connectivity index (χ4v) is 3.55. The number of H-pyrrole nitrogens is 1. The van der Waals surface area contributed by atoms with E-state index in [1.807, 2.05) is 48.7 Å². The molecule has 0 aliphatic carbocycles. The van der Waals surface area contributed by atoms with Gasteiger partial charge in [-0.05, 0) is 42.7 Å². The van der Waals surface area contributed by atoms with Crippen molar-refractivity contribution in [1.29, 1.82) is 0 Å². The summed E-state index contributed by atoms with van der Waals surface area (Å²) in [4.78, 5) is 14.5. The summed E-state index contributed by atoms with van der Waals surface area (Å²) in [6, 6.07) is 16.0. The molecule has 1 aromatic heterocycles. The molecule has 0 spiro atoms. The molecular formula is C22H26ClN3O2. The Bertz CT molecular complexity index is 908. The predicted octanol–water partition coefficient (Wildman–Crippen LogP) is 4.15. The number of hydrogen-bond acceptors (Lipinski definition) is 3. The van der Waals surface area contributed by atoms with Crippen molar-refractivity contribution in [3.63, 3.8) is 0 Å². The van der Waals surface area contributed by atoms with Crippen LogP contribution in [0.15, 0.2) is 54.7 Å². The number of carbonyl (C=O) groups is 1. The highest BCUT2D eigenvalue weighted by Crippen LogP contribution is 2.20. The van der Waals surface area contributed by atoms with Gasteiger partial charge in [0.1, 0.15) is 0 Å². The summed E-state index contributed by atoms with van der Waals surface area (Å²) in [5.41, 5.74) is 3.38. The Morgan fingerprint density at radius 1 is 1.11 bits per heavy atom. The van der Waals surface area contributed by atoms with Gasteiger partial charge in [-0.1, -0.05) is 41.9 Å². The zero-order valence-corrected chi connectivity index (χ0v) is 16.7. The molecule has 3 rings (SSSR count). The summed E-state index contributed by atoms with van der Waals surface area (Å²) >= 11 is 5.93. The highest BCUT2D eigenvalue weighted by Gasteiger charge is 2.15. The van der Waals surface area contributed by atoms with E-state index in [0.29, 0.717) is 13.0 Å². The molecule has 4 N–H and O–H groups in total. The minimum atomic E-state index is -0.792. The van der Waals surface area contributed by atoms with E-state index in [1.165, 1.54) is 5.56 Å². The summed E-state index contributed by atoms with van der Waals surface area (Å²) in [6.45, 7) is 3.54. The van der Waals surface area contributed by atoms with E-state index in [9.17, 15) is 9.90 Å². The molecule has 0 radical (unpaired) electrons. The Labute approximate surface area is 170 Å². The molecule has 0 aliphatic rings. The van der Waals surface area contributed by atoms with Crippen LogP contribution in [0.25, 0.3) is 10.9 Å². The molecule has 1 heterocycles. The number of carboxylic acid groups (broad SMARTS) is 1. The van der Waals surface area contributed by atoms with Gasteiger partial charge in [0, 0.05) is 47.3 Å². The predicted molar refractivity (Wildman–Crippen MR) is 114 cm³/mol. The molecule has 0 aliphatic heterocycles. The smallest absolute Gasteiger partial charge is 0.304 e. The molecule has 5 nitrogen and oxygen atoms in total. The molecule has 6 heteroatoms. The SMILES string of the molecule is CC(NCCN[C@H](CC(=O)O)Cc1c[nH]c2ccccc12)c1ccc(Cl)cc1. The minimum Gasteiger partial charge on any atom is -0.481 e. The van der Waals surface area contributed by atoms with Crippen molar-refractivity contribution in [2.75, 3.05) is 13.1 Å². The van der Waals surface area contributed by atoms with E-state index in [-0.39, 0.29) is 18.5 Å². The molecule has 0 saturated heterocycles. The van der Waals surface area contributed by atoms with Gasteiger partial charge < -0.3 is 20.7 Å². The molecule has 0 saturated carbocycles. The van der Waals surface area contributed by atoms with E-state index in [0.717, 1.165) is 28.0 Å². The van der Waals surface area contributed by atoms with Crippen molar-refractivity contribution in [2.24, 2.45) is 0 Å². The van der Waals surface area contributed by atoms with Crippen LogP contribution in [0, 0.1) is 0 Å². The van der Waals surface area contributed by atoms with Crippen LogP contribution in [0.3, 0.4) is 0 Å². The first-order valence-corrected chi connectivity index (χ1v) is 9.89. The average Bonchev–Trinajstić information content (AvgIpc) is 3.08. The number of nitrogens with one attached hydrogen (secondary N) is 3. The van der Waals surface area contributed by atoms with E-state index >= 15 is 0 Å². The zero-order valence-electron chi connectivity index (χ0n) is 15.9. The lowest BCUT2D eigenvalue weighted by Gasteiger charge is -2.19. The van der Waals surface area contributed by atoms with Crippen LogP contribution >= 0.6 is 11.6 Å². The number of fused-ring (bicyclic) bond motifs is 1. The second-order valence-corrected chi connectivity index (χ2v) is 7.48. The van der Waals surface area contributed by atoms with E-state index in [1.54, 1.807) is 0 Å². The molecule has 1 unspecified atom stereocenters. The molecule has 148 valence electrons. The molecular weight excluding hydrogens is 374 g/mol. The Morgan fingerprint density at radius 3 is 2.57 bits per heavy atom. The van der Waals surface area contributed by atoms with Crippen molar-refractivity contribution in [3.8, 4) is 0 Å². The first kappa shape index (κ1) is 20.4. The van der Waals surface area contributed by atoms with Gasteiger partial charge in [0.2, 0.25) is 0 Å². The molecule has 28 heavy (non-hydrogen) atoms. The van der Waals surface area contributed by atoms with Crippen LogP contribution in [0.1, 0.15) is 30.5 Å². The second kappa shape index (κ2) is 9.73. The van der Waals surface area contributed by atoms with E-state index in [4.69, 9.17) is 11.6 Å². The lowest BCUT2D eigenvalue weighted by Crippen LogP contribution is -2.38. The number of aromatic nitrogens is 1. The summed E-state index contributed by atoms with van der Waals surface area (Å²) in [5, 5.41) is 18.0. The number of aromatic amines is 1. The van der Waals surface area contributed by atoms with Crippen LogP contribution in [0.4, 0.5) is 0 Å². The largest absolute Gasteiger partial charge is 0.481 e. The van der Waals surface area contributed by atoms with E-state index < -0.39 is 5.97 Å². The van der Waals surface area contributed by atoms with Crippen molar-refractivity contribution in [3.05, 3.63) is 70.9 Å². The third-order valence-electron chi connectivity index (χ3n) is 4.94. The normalized spacial score (nSPS) is 13.5. The van der Waals surface area contributed by atoms with Gasteiger partial charge in [-0.25, -0.2) is 0 Å². The first-order chi connectivity index (χ1) is 13.5. The van der Waals surface area contributed by atoms with Crippen LogP contribution in [0.2, 0.25) is 5.02 Å². The molecule has 0 bridgehead atoms. The Morgan fingerprint density at radius 2 is 1.82 bits per heavy atom. The van der Waals surface area contributed by atoms with Crippen LogP contribution < -0.4 is 10.6 Å². The van der Waals surface area contributed by atoms with E-state index in [2.05, 4.69) is 28.6 Å². The number of benzene rings is 2. The summed E-state index contributed by atoms with van der Waals surface area (Å²) in [5.74, 6) is -0.792. The Hall–Kier alpha value is -2.34. The molecule has 3 aromatic rings. The number of aliphatic carboxylic acids is 1. The van der Waals surface area contributed by atoms with Crippen molar-refractivity contribution in [2.45, 2.75) is 31.8 Å². The standard InChI is InChI=1S/C22H26ClN3O2/c1-15(16-6-8-18(23)9-7-16)24-10-11-25-19(13-22(27)28)12-17-14-26-21-5-3-2-4-20(17)21/h2-9,14-15,19,24-26H,10-13H2,1H3,(H,27,28)/t15?,19-/m0/s1. The lowest BCUT2D eigenvalue weighted by atomic mass is 10.0. The Balaban J connectivity index is 1.52. The van der Waals surface area contributed by atoms with Crippen molar-refractivity contribution >= 4 is 28.5 Å². The van der Waals surface area contributed by atoms with Gasteiger partial charge in [0.25, 0.3) is 0 Å². The molecule has 2 aromatic carbocycles. The quantitative estimate of drug-likeness (QED) is 0.386. The van der Waals surface area contributed by atoms with Gasteiger partial charge in [-0.2, -0.15) is 0 Å². The van der Waals surface area contributed by atoms with Crippen LogP contribution in [-0.2, 0) is 11.2 Å². The van der Waals surface area contributed by atoms with Gasteiger partial charge in [-0.15, -0.1) is 0 Å². The van der Waals surface area contributed by atoms with Crippen LogP contribution in [-0.4, -0.2) is 35.2 Å². The number of hydrogen-bond donors (Lipinski definition) is 4.